The second kappa shape index (κ2) is 3.63. The normalized spacial score (nSPS) is 15.2. The van der Waals surface area contributed by atoms with Crippen molar-refractivity contribution in [1.29, 1.82) is 0 Å². The summed E-state index contributed by atoms with van der Waals surface area (Å²) in [6, 6.07) is 7.76. The molecule has 4 nitrogen and oxygen atoms in total. The van der Waals surface area contributed by atoms with Crippen molar-refractivity contribution in [2.45, 2.75) is 12.8 Å². The van der Waals surface area contributed by atoms with Gasteiger partial charge in [0.15, 0.2) is 11.6 Å². The van der Waals surface area contributed by atoms with Gasteiger partial charge in [-0.3, -0.25) is 0 Å². The molecule has 3 N–H and O–H groups in total. The molecular formula is C12H14N4. The Morgan fingerprint density at radius 3 is 2.56 bits per heavy atom. The molecule has 1 fully saturated rings. The standard InChI is InChI=1S/C12H14N4/c13-11-12(14-7-8-5-6-8)16-10-4-2-1-3-9(10)15-11/h1-4,8H,5-7H2,(H2,13,15)(H,14,16). The van der Waals surface area contributed by atoms with E-state index in [1.54, 1.807) is 0 Å². The van der Waals surface area contributed by atoms with Crippen LogP contribution in [-0.4, -0.2) is 16.5 Å². The first kappa shape index (κ1) is 9.39. The molecule has 1 heterocycles. The van der Waals surface area contributed by atoms with E-state index in [0.717, 1.165) is 23.5 Å². The van der Waals surface area contributed by atoms with Gasteiger partial charge >= 0.3 is 0 Å². The number of anilines is 2. The second-order valence-corrected chi connectivity index (χ2v) is 4.27. The molecule has 1 aromatic heterocycles. The van der Waals surface area contributed by atoms with Crippen LogP contribution in [0.5, 0.6) is 0 Å². The summed E-state index contributed by atoms with van der Waals surface area (Å²) >= 11 is 0. The van der Waals surface area contributed by atoms with Gasteiger partial charge in [-0.25, -0.2) is 9.97 Å². The number of nitrogens with zero attached hydrogens (tertiary/aromatic N) is 2. The summed E-state index contributed by atoms with van der Waals surface area (Å²) in [6.45, 7) is 0.956. The molecule has 0 aliphatic heterocycles. The molecule has 4 heteroatoms. The van der Waals surface area contributed by atoms with E-state index >= 15 is 0 Å². The number of nitrogens with one attached hydrogen (secondary N) is 1. The van der Waals surface area contributed by atoms with Crippen molar-refractivity contribution in [2.24, 2.45) is 5.92 Å². The summed E-state index contributed by atoms with van der Waals surface area (Å²) in [6.07, 6.45) is 2.63. The van der Waals surface area contributed by atoms with Crippen molar-refractivity contribution in [3.8, 4) is 0 Å². The average Bonchev–Trinajstić information content (AvgIpc) is 3.10. The van der Waals surface area contributed by atoms with E-state index < -0.39 is 0 Å². The number of nitrogen functional groups attached to an aromatic ring is 1. The van der Waals surface area contributed by atoms with Crippen LogP contribution < -0.4 is 11.1 Å². The molecule has 16 heavy (non-hydrogen) atoms. The number of rotatable bonds is 3. The first-order chi connectivity index (χ1) is 7.83. The van der Waals surface area contributed by atoms with Crippen LogP contribution in [0.4, 0.5) is 11.6 Å². The summed E-state index contributed by atoms with van der Waals surface area (Å²) in [5, 5.41) is 3.27. The number of aromatic nitrogens is 2. The third-order valence-corrected chi connectivity index (χ3v) is 2.85. The van der Waals surface area contributed by atoms with Crippen LogP contribution in [0.2, 0.25) is 0 Å². The highest BCUT2D eigenvalue weighted by Crippen LogP contribution is 2.29. The molecule has 0 saturated heterocycles. The van der Waals surface area contributed by atoms with Gasteiger partial charge in [0.05, 0.1) is 11.0 Å². The zero-order valence-electron chi connectivity index (χ0n) is 8.98. The summed E-state index contributed by atoms with van der Waals surface area (Å²) in [7, 11) is 0. The second-order valence-electron chi connectivity index (χ2n) is 4.27. The summed E-state index contributed by atoms with van der Waals surface area (Å²) in [5.41, 5.74) is 7.59. The molecule has 2 aromatic rings. The highest BCUT2D eigenvalue weighted by molar-refractivity contribution is 5.79. The van der Waals surface area contributed by atoms with Crippen LogP contribution >= 0.6 is 0 Å². The minimum absolute atomic E-state index is 0.486. The van der Waals surface area contributed by atoms with E-state index in [1.807, 2.05) is 24.3 Å². The number of nitrogens with two attached hydrogens (primary N) is 1. The molecule has 1 aliphatic carbocycles. The maximum atomic E-state index is 5.86. The van der Waals surface area contributed by atoms with Crippen molar-refractivity contribution in [1.82, 2.24) is 9.97 Å². The zero-order valence-corrected chi connectivity index (χ0v) is 8.98. The van der Waals surface area contributed by atoms with Crippen molar-refractivity contribution in [3.05, 3.63) is 24.3 Å². The van der Waals surface area contributed by atoms with E-state index in [4.69, 9.17) is 5.73 Å². The molecule has 82 valence electrons. The van der Waals surface area contributed by atoms with Gasteiger partial charge in [-0.05, 0) is 30.9 Å². The van der Waals surface area contributed by atoms with E-state index in [-0.39, 0.29) is 0 Å². The van der Waals surface area contributed by atoms with Gasteiger partial charge in [0.1, 0.15) is 0 Å². The van der Waals surface area contributed by atoms with E-state index in [1.165, 1.54) is 12.8 Å². The minimum atomic E-state index is 0.486. The van der Waals surface area contributed by atoms with Gasteiger partial charge in [-0.15, -0.1) is 0 Å². The summed E-state index contributed by atoms with van der Waals surface area (Å²) < 4.78 is 0. The fourth-order valence-electron chi connectivity index (χ4n) is 1.71. The number of para-hydroxylation sites is 2. The molecule has 0 bridgehead atoms. The van der Waals surface area contributed by atoms with Crippen molar-refractivity contribution >= 4 is 22.7 Å². The molecular weight excluding hydrogens is 200 g/mol. The Labute approximate surface area is 93.9 Å². The van der Waals surface area contributed by atoms with Crippen molar-refractivity contribution in [3.63, 3.8) is 0 Å². The van der Waals surface area contributed by atoms with Gasteiger partial charge in [0.25, 0.3) is 0 Å². The van der Waals surface area contributed by atoms with E-state index in [0.29, 0.717) is 11.6 Å². The lowest BCUT2D eigenvalue weighted by Gasteiger charge is -2.07. The number of benzene rings is 1. The SMILES string of the molecule is Nc1nc2ccccc2nc1NCC1CC1. The third kappa shape index (κ3) is 1.78. The molecule has 1 aromatic carbocycles. The zero-order chi connectivity index (χ0) is 11.0. The first-order valence-electron chi connectivity index (χ1n) is 5.59. The van der Waals surface area contributed by atoms with Crippen molar-refractivity contribution in [2.75, 3.05) is 17.6 Å². The topological polar surface area (TPSA) is 63.8 Å². The van der Waals surface area contributed by atoms with Crippen LogP contribution in [0.25, 0.3) is 11.0 Å². The van der Waals surface area contributed by atoms with Gasteiger partial charge in [0.2, 0.25) is 0 Å². The quantitative estimate of drug-likeness (QED) is 0.820. The smallest absolute Gasteiger partial charge is 0.169 e. The molecule has 0 radical (unpaired) electrons. The molecule has 0 spiro atoms. The van der Waals surface area contributed by atoms with Crippen LogP contribution in [0, 0.1) is 5.92 Å². The predicted molar refractivity (Wildman–Crippen MR) is 65.2 cm³/mol. The maximum absolute atomic E-state index is 5.86. The number of hydrogen-bond donors (Lipinski definition) is 2. The molecule has 0 amide bonds. The maximum Gasteiger partial charge on any atom is 0.169 e. The number of hydrogen-bond acceptors (Lipinski definition) is 4. The fourth-order valence-corrected chi connectivity index (χ4v) is 1.71. The Morgan fingerprint density at radius 1 is 1.19 bits per heavy atom. The van der Waals surface area contributed by atoms with Crippen LogP contribution in [-0.2, 0) is 0 Å². The van der Waals surface area contributed by atoms with Crippen molar-refractivity contribution < 1.29 is 0 Å². The molecule has 3 rings (SSSR count). The van der Waals surface area contributed by atoms with Crippen LogP contribution in [0.15, 0.2) is 24.3 Å². The lowest BCUT2D eigenvalue weighted by Crippen LogP contribution is -2.09. The van der Waals surface area contributed by atoms with Gasteiger partial charge in [-0.2, -0.15) is 0 Å². The molecule has 1 saturated carbocycles. The van der Waals surface area contributed by atoms with Crippen LogP contribution in [0.3, 0.4) is 0 Å². The Bertz CT molecular complexity index is 519. The highest BCUT2D eigenvalue weighted by Gasteiger charge is 2.21. The monoisotopic (exact) mass is 214 g/mol. The number of fused-ring (bicyclic) bond motifs is 1. The van der Waals surface area contributed by atoms with E-state index in [2.05, 4.69) is 15.3 Å². The average molecular weight is 214 g/mol. The van der Waals surface area contributed by atoms with Crippen LogP contribution in [0.1, 0.15) is 12.8 Å². The summed E-state index contributed by atoms with van der Waals surface area (Å²) in [4.78, 5) is 8.80. The molecule has 0 unspecified atom stereocenters. The first-order valence-corrected chi connectivity index (χ1v) is 5.59. The minimum Gasteiger partial charge on any atom is -0.381 e. The predicted octanol–water partition coefficient (Wildman–Crippen LogP) is 2.03. The molecule has 0 atom stereocenters. The Balaban J connectivity index is 1.93. The Morgan fingerprint density at radius 2 is 1.88 bits per heavy atom. The Kier molecular flexibility index (Phi) is 2.13. The Hall–Kier alpha value is -1.84. The largest absolute Gasteiger partial charge is 0.381 e. The van der Waals surface area contributed by atoms with E-state index in [9.17, 15) is 0 Å². The third-order valence-electron chi connectivity index (χ3n) is 2.85. The van der Waals surface area contributed by atoms with Gasteiger partial charge < -0.3 is 11.1 Å². The lowest BCUT2D eigenvalue weighted by atomic mass is 10.3. The van der Waals surface area contributed by atoms with Gasteiger partial charge in [-0.1, -0.05) is 12.1 Å². The summed E-state index contributed by atoms with van der Waals surface area (Å²) in [5.74, 6) is 2.00. The lowest BCUT2D eigenvalue weighted by molar-refractivity contribution is 0.883. The fraction of sp³-hybridized carbons (Fsp3) is 0.333. The van der Waals surface area contributed by atoms with Gasteiger partial charge in [0, 0.05) is 6.54 Å². The molecule has 1 aliphatic rings. The highest BCUT2D eigenvalue weighted by atomic mass is 15.1.